The molecule has 384 valence electrons. The van der Waals surface area contributed by atoms with E-state index in [1.54, 1.807) is 83.1 Å². The molecule has 19 heteroatoms. The highest BCUT2D eigenvalue weighted by molar-refractivity contribution is 5.82. The Labute approximate surface area is 385 Å². The van der Waals surface area contributed by atoms with Crippen LogP contribution in [0.15, 0.2) is 0 Å². The first-order chi connectivity index (χ1) is 30.0. The van der Waals surface area contributed by atoms with Crippen molar-refractivity contribution in [1.29, 1.82) is 0 Å². The molecule has 0 bridgehead atoms. The number of methoxy groups -OCH3 is 6. The van der Waals surface area contributed by atoms with E-state index in [-0.39, 0.29) is 30.5 Å². The summed E-state index contributed by atoms with van der Waals surface area (Å²) in [6, 6.07) is 0. The van der Waals surface area contributed by atoms with E-state index in [4.69, 9.17) is 85.3 Å². The molecular weight excluding hydrogens is 844 g/mol. The Kier molecular flexibility index (Phi) is 33.7. The van der Waals surface area contributed by atoms with Crippen molar-refractivity contribution in [3.8, 4) is 0 Å². The van der Waals surface area contributed by atoms with Crippen molar-refractivity contribution in [2.75, 3.05) is 42.7 Å². The van der Waals surface area contributed by atoms with Gasteiger partial charge in [0.25, 0.3) is 11.9 Å². The van der Waals surface area contributed by atoms with Crippen LogP contribution < -0.4 is 0 Å². The normalized spacial score (nSPS) is 20.9. The van der Waals surface area contributed by atoms with Gasteiger partial charge in [0.15, 0.2) is 75.5 Å². The molecule has 0 heterocycles. The molecule has 14 atom stereocenters. The Hall–Kier alpha value is -1.05. The summed E-state index contributed by atoms with van der Waals surface area (Å²) in [5.41, 5.74) is 0. The number of carbonyl (C=O) groups is 1. The molecule has 0 aromatic heterocycles. The standard InChI is InChI=1S/C45H90O19/c1-29(25-21-23-27-44(59-37(9)53-31(3)47-15,60-38(10)54-32(4)48-16)61-39(11)55-33(5)49-17)43(46)30(2)26-22-24-28-45(62-40(12)56-34(6)50-18,63-41(13)57-35(7)51-19)64-42(14)58-36(8)52-20/h29-42H,21-28H2,1-20H3. The lowest BCUT2D eigenvalue weighted by atomic mass is 9.88. The van der Waals surface area contributed by atoms with Gasteiger partial charge < -0.3 is 56.8 Å². The summed E-state index contributed by atoms with van der Waals surface area (Å²) in [5, 5.41) is 0. The second-order valence-corrected chi connectivity index (χ2v) is 15.8. The molecule has 0 rings (SSSR count). The number of hydrogen-bond acceptors (Lipinski definition) is 19. The molecule has 19 nitrogen and oxygen atoms in total. The van der Waals surface area contributed by atoms with Gasteiger partial charge in [-0.15, -0.1) is 0 Å². The Morgan fingerprint density at radius 2 is 0.500 bits per heavy atom. The van der Waals surface area contributed by atoms with Gasteiger partial charge in [0.05, 0.1) is 0 Å². The first kappa shape index (κ1) is 63.0. The van der Waals surface area contributed by atoms with Crippen LogP contribution in [0.3, 0.4) is 0 Å². The van der Waals surface area contributed by atoms with Gasteiger partial charge in [0.1, 0.15) is 5.78 Å². The maximum absolute atomic E-state index is 13.8. The molecule has 0 fully saturated rings. The number of carbonyl (C=O) groups excluding carboxylic acids is 1. The predicted octanol–water partition coefficient (Wildman–Crippen LogP) is 8.49. The molecule has 0 spiro atoms. The van der Waals surface area contributed by atoms with E-state index >= 15 is 0 Å². The first-order valence-corrected chi connectivity index (χ1v) is 22.7. The van der Waals surface area contributed by atoms with E-state index in [2.05, 4.69) is 0 Å². The Morgan fingerprint density at radius 3 is 0.672 bits per heavy atom. The highest BCUT2D eigenvalue weighted by atomic mass is 17.0. The molecule has 0 aliphatic heterocycles. The summed E-state index contributed by atoms with van der Waals surface area (Å²) in [5.74, 6) is -3.66. The molecule has 0 saturated carbocycles. The van der Waals surface area contributed by atoms with Crippen molar-refractivity contribution in [2.24, 2.45) is 11.8 Å². The first-order valence-electron chi connectivity index (χ1n) is 22.7. The lowest BCUT2D eigenvalue weighted by molar-refractivity contribution is -0.483. The second kappa shape index (κ2) is 34.3. The van der Waals surface area contributed by atoms with Gasteiger partial charge in [-0.2, -0.15) is 0 Å². The van der Waals surface area contributed by atoms with Crippen molar-refractivity contribution in [1.82, 2.24) is 0 Å². The van der Waals surface area contributed by atoms with Gasteiger partial charge in [0, 0.05) is 67.3 Å². The summed E-state index contributed by atoms with van der Waals surface area (Å²) in [4.78, 5) is 13.8. The minimum absolute atomic E-state index is 0.161. The zero-order valence-corrected chi connectivity index (χ0v) is 43.0. The highest BCUT2D eigenvalue weighted by Gasteiger charge is 2.42. The molecule has 0 aromatic rings. The van der Waals surface area contributed by atoms with Crippen LogP contribution in [0.5, 0.6) is 0 Å². The molecule has 64 heavy (non-hydrogen) atoms. The fourth-order valence-corrected chi connectivity index (χ4v) is 6.51. The van der Waals surface area contributed by atoms with Crippen molar-refractivity contribution in [3.63, 3.8) is 0 Å². The maximum Gasteiger partial charge on any atom is 0.289 e. The Balaban J connectivity index is 6.03. The van der Waals surface area contributed by atoms with Crippen molar-refractivity contribution in [2.45, 2.75) is 236 Å². The Bertz CT molecular complexity index is 969. The fourth-order valence-electron chi connectivity index (χ4n) is 6.51. The van der Waals surface area contributed by atoms with Gasteiger partial charge in [-0.3, -0.25) is 33.2 Å². The molecule has 0 aliphatic carbocycles. The summed E-state index contributed by atoms with van der Waals surface area (Å²) in [6.07, 6.45) is -4.21. The third-order valence-electron chi connectivity index (χ3n) is 10.1. The molecule has 0 amide bonds. The number of ether oxygens (including phenoxy) is 18. The van der Waals surface area contributed by atoms with Crippen LogP contribution >= 0.6 is 0 Å². The van der Waals surface area contributed by atoms with Gasteiger partial charge in [-0.05, 0) is 109 Å². The van der Waals surface area contributed by atoms with Crippen LogP contribution in [0.2, 0.25) is 0 Å². The zero-order valence-electron chi connectivity index (χ0n) is 43.0. The van der Waals surface area contributed by atoms with E-state index in [0.717, 1.165) is 0 Å². The Morgan fingerprint density at radius 1 is 0.312 bits per heavy atom. The van der Waals surface area contributed by atoms with Gasteiger partial charge in [-0.1, -0.05) is 26.7 Å². The molecule has 14 unspecified atom stereocenters. The lowest BCUT2D eigenvalue weighted by Gasteiger charge is -2.39. The van der Waals surface area contributed by atoms with Gasteiger partial charge >= 0.3 is 0 Å². The summed E-state index contributed by atoms with van der Waals surface area (Å²) < 4.78 is 105. The third kappa shape index (κ3) is 27.7. The minimum Gasteiger partial charge on any atom is -0.356 e. The average molecular weight is 935 g/mol. The minimum atomic E-state index is -1.69. The van der Waals surface area contributed by atoms with Crippen LogP contribution in [0.4, 0.5) is 0 Å². The number of unbranched alkanes of at least 4 members (excludes halogenated alkanes) is 2. The van der Waals surface area contributed by atoms with Crippen molar-refractivity contribution in [3.05, 3.63) is 0 Å². The zero-order chi connectivity index (χ0) is 49.0. The largest absolute Gasteiger partial charge is 0.356 e. The highest BCUT2D eigenvalue weighted by Crippen LogP contribution is 2.33. The van der Waals surface area contributed by atoms with Crippen LogP contribution in [0.25, 0.3) is 0 Å². The number of ketones is 1. The summed E-state index contributed by atoms with van der Waals surface area (Å²) in [7, 11) is 9.19. The predicted molar refractivity (Wildman–Crippen MR) is 234 cm³/mol. The van der Waals surface area contributed by atoms with E-state index < -0.39 is 87.4 Å². The van der Waals surface area contributed by atoms with Crippen LogP contribution in [-0.4, -0.2) is 136 Å². The lowest BCUT2D eigenvalue weighted by Crippen LogP contribution is -2.48. The topological polar surface area (TPSA) is 183 Å². The summed E-state index contributed by atoms with van der Waals surface area (Å²) in [6.45, 7) is 24.7. The van der Waals surface area contributed by atoms with Crippen LogP contribution in [0, 0.1) is 11.8 Å². The molecular formula is C45H90O19. The second-order valence-electron chi connectivity index (χ2n) is 15.8. The van der Waals surface area contributed by atoms with Crippen molar-refractivity contribution >= 4 is 5.78 Å². The monoisotopic (exact) mass is 935 g/mol. The number of hydrogen-bond donors (Lipinski definition) is 0. The van der Waals surface area contributed by atoms with Crippen LogP contribution in [0.1, 0.15) is 148 Å². The van der Waals surface area contributed by atoms with Crippen molar-refractivity contribution < 1.29 is 90.1 Å². The molecule has 0 saturated heterocycles. The quantitative estimate of drug-likeness (QED) is 0.0419. The van der Waals surface area contributed by atoms with Crippen LogP contribution in [-0.2, 0) is 90.1 Å². The smallest absolute Gasteiger partial charge is 0.289 e. The fraction of sp³-hybridized carbons (Fsp3) is 0.978. The van der Waals surface area contributed by atoms with E-state index in [0.29, 0.717) is 38.5 Å². The molecule has 0 aliphatic rings. The van der Waals surface area contributed by atoms with E-state index in [1.165, 1.54) is 42.7 Å². The van der Waals surface area contributed by atoms with E-state index in [1.807, 2.05) is 13.8 Å². The van der Waals surface area contributed by atoms with Gasteiger partial charge in [0.2, 0.25) is 0 Å². The molecule has 0 N–H and O–H groups in total. The van der Waals surface area contributed by atoms with E-state index in [9.17, 15) is 4.79 Å². The average Bonchev–Trinajstić information content (AvgIpc) is 3.22. The number of rotatable bonds is 42. The van der Waals surface area contributed by atoms with Gasteiger partial charge in [-0.25, -0.2) is 0 Å². The molecule has 0 radical (unpaired) electrons. The molecule has 0 aromatic carbocycles. The number of Topliss-reactive ketones (excluding diaryl/α,β-unsaturated/α-hetero) is 1. The SMILES string of the molecule is COC(C)OC(C)OC(CCCCC(C)C(=O)C(C)CCCCC(OC(C)OC(C)OC)(OC(C)OC(C)OC)OC(C)OC(C)OC)(OC(C)OC(C)OC)OC(C)OC(C)OC. The maximum atomic E-state index is 13.8. The summed E-state index contributed by atoms with van der Waals surface area (Å²) >= 11 is 0. The third-order valence-corrected chi connectivity index (χ3v) is 10.1.